The van der Waals surface area contributed by atoms with E-state index in [1.807, 2.05) is 0 Å². The van der Waals surface area contributed by atoms with Gasteiger partial charge in [-0.1, -0.05) is 72.6 Å². The van der Waals surface area contributed by atoms with Gasteiger partial charge in [-0.15, -0.1) is 0 Å². The lowest BCUT2D eigenvalue weighted by Crippen LogP contribution is -2.64. The van der Waals surface area contributed by atoms with E-state index in [-0.39, 0.29) is 11.3 Å². The second kappa shape index (κ2) is 9.03. The van der Waals surface area contributed by atoms with Crippen molar-refractivity contribution in [1.29, 1.82) is 21.2 Å². The summed E-state index contributed by atoms with van der Waals surface area (Å²) in [5.74, 6) is -1.47. The van der Waals surface area contributed by atoms with Gasteiger partial charge in [-0.05, 0) is 30.6 Å². The van der Waals surface area contributed by atoms with Gasteiger partial charge < -0.3 is 9.47 Å². The van der Waals surface area contributed by atoms with Gasteiger partial charge in [0, 0.05) is 6.42 Å². The molecular weight excluding hydrogens is 400 g/mol. The Labute approximate surface area is 193 Å². The van der Waals surface area contributed by atoms with E-state index < -0.39 is 28.6 Å². The van der Waals surface area contributed by atoms with Crippen LogP contribution in [0.1, 0.15) is 98.3 Å². The van der Waals surface area contributed by atoms with E-state index in [9.17, 15) is 15.8 Å². The first-order chi connectivity index (χ1) is 15.2. The fraction of sp³-hybridized carbons (Fsp3) is 0.846. The molecule has 1 N–H and O–H groups in total. The SMILES string of the molecule is CCCCCCCCCC1OC23CCC(C(C)(C)C)CC2C(C#N)(C(=N)O3)C1(C#N)C#N. The lowest BCUT2D eigenvalue weighted by atomic mass is 9.49. The van der Waals surface area contributed by atoms with E-state index in [0.29, 0.717) is 25.2 Å². The molecule has 6 heteroatoms. The van der Waals surface area contributed by atoms with Crippen LogP contribution in [0.2, 0.25) is 0 Å². The van der Waals surface area contributed by atoms with Crippen molar-refractivity contribution in [2.24, 2.45) is 28.1 Å². The Bertz CT molecular complexity index is 828. The lowest BCUT2D eigenvalue weighted by molar-refractivity contribution is -0.299. The second-order valence-corrected chi connectivity index (χ2v) is 11.1. The molecule has 0 aromatic rings. The largest absolute Gasteiger partial charge is 0.447 e. The van der Waals surface area contributed by atoms with Crippen LogP contribution in [0.3, 0.4) is 0 Å². The van der Waals surface area contributed by atoms with Gasteiger partial charge in [-0.2, -0.15) is 15.8 Å². The van der Waals surface area contributed by atoms with E-state index in [1.54, 1.807) is 0 Å². The van der Waals surface area contributed by atoms with Crippen LogP contribution in [-0.2, 0) is 9.47 Å². The smallest absolute Gasteiger partial charge is 0.217 e. The maximum absolute atomic E-state index is 10.4. The van der Waals surface area contributed by atoms with Crippen molar-refractivity contribution in [3.8, 4) is 18.2 Å². The number of hydrogen-bond acceptors (Lipinski definition) is 6. The highest BCUT2D eigenvalue weighted by atomic mass is 16.7. The van der Waals surface area contributed by atoms with E-state index in [0.717, 1.165) is 25.7 Å². The van der Waals surface area contributed by atoms with Crippen molar-refractivity contribution >= 4 is 5.90 Å². The molecule has 6 nitrogen and oxygen atoms in total. The zero-order valence-electron chi connectivity index (χ0n) is 20.2. The van der Waals surface area contributed by atoms with Crippen molar-refractivity contribution in [2.45, 2.75) is 110 Å². The van der Waals surface area contributed by atoms with Crippen LogP contribution in [0.5, 0.6) is 0 Å². The Morgan fingerprint density at radius 3 is 2.19 bits per heavy atom. The average Bonchev–Trinajstić information content (AvgIpc) is 2.96. The minimum atomic E-state index is -1.73. The third-order valence-corrected chi connectivity index (χ3v) is 8.32. The summed E-state index contributed by atoms with van der Waals surface area (Å²) in [5, 5.41) is 39.7. The maximum atomic E-state index is 10.4. The molecule has 2 heterocycles. The molecule has 3 fully saturated rings. The highest BCUT2D eigenvalue weighted by Crippen LogP contribution is 2.68. The molecule has 5 atom stereocenters. The Hall–Kier alpha value is -2.10. The monoisotopic (exact) mass is 438 g/mol. The van der Waals surface area contributed by atoms with Crippen LogP contribution in [0.15, 0.2) is 0 Å². The van der Waals surface area contributed by atoms with Crippen molar-refractivity contribution in [3.05, 3.63) is 0 Å². The van der Waals surface area contributed by atoms with Crippen molar-refractivity contribution < 1.29 is 9.47 Å². The molecule has 1 saturated carbocycles. The molecule has 2 saturated heterocycles. The summed E-state index contributed by atoms with van der Waals surface area (Å²) in [7, 11) is 0. The summed E-state index contributed by atoms with van der Waals surface area (Å²) in [6, 6.07) is 6.68. The number of unbranched alkanes of at least 4 members (excludes halogenated alkanes) is 6. The molecule has 3 aliphatic rings. The van der Waals surface area contributed by atoms with E-state index >= 15 is 0 Å². The minimum absolute atomic E-state index is 0.0243. The van der Waals surface area contributed by atoms with Crippen LogP contribution in [0, 0.1) is 67.5 Å². The highest BCUT2D eigenvalue weighted by Gasteiger charge is 2.80. The third-order valence-electron chi connectivity index (χ3n) is 8.32. The molecule has 0 spiro atoms. The molecular formula is C26H38N4O2. The molecule has 0 radical (unpaired) electrons. The molecule has 32 heavy (non-hydrogen) atoms. The molecule has 1 aliphatic carbocycles. The molecule has 2 bridgehead atoms. The fourth-order valence-electron chi connectivity index (χ4n) is 6.29. The summed E-state index contributed by atoms with van der Waals surface area (Å²) in [6.07, 6.45) is 9.76. The van der Waals surface area contributed by atoms with Crippen molar-refractivity contribution in [2.75, 3.05) is 0 Å². The van der Waals surface area contributed by atoms with Gasteiger partial charge in [0.05, 0.1) is 30.2 Å². The molecule has 3 rings (SSSR count). The van der Waals surface area contributed by atoms with Gasteiger partial charge in [-0.3, -0.25) is 5.41 Å². The molecule has 2 aliphatic heterocycles. The summed E-state index contributed by atoms with van der Waals surface area (Å²) >= 11 is 0. The summed E-state index contributed by atoms with van der Waals surface area (Å²) < 4.78 is 12.5. The van der Waals surface area contributed by atoms with Gasteiger partial charge in [0.1, 0.15) is 0 Å². The number of rotatable bonds is 8. The average molecular weight is 439 g/mol. The highest BCUT2D eigenvalue weighted by molar-refractivity contribution is 5.89. The van der Waals surface area contributed by atoms with Crippen molar-refractivity contribution in [3.63, 3.8) is 0 Å². The van der Waals surface area contributed by atoms with Gasteiger partial charge >= 0.3 is 0 Å². The Morgan fingerprint density at radius 2 is 1.62 bits per heavy atom. The van der Waals surface area contributed by atoms with E-state index in [1.165, 1.54) is 25.7 Å². The molecule has 174 valence electrons. The van der Waals surface area contributed by atoms with Gasteiger partial charge in [0.2, 0.25) is 11.7 Å². The third kappa shape index (κ3) is 3.60. The molecule has 5 unspecified atom stereocenters. The number of nitrogens with zero attached hydrogens (tertiary/aromatic N) is 3. The Balaban J connectivity index is 1.88. The fourth-order valence-corrected chi connectivity index (χ4v) is 6.29. The number of ether oxygens (including phenoxy) is 2. The summed E-state index contributed by atoms with van der Waals surface area (Å²) in [4.78, 5) is 0. The molecule has 0 aromatic heterocycles. The lowest BCUT2D eigenvalue weighted by Gasteiger charge is -2.54. The van der Waals surface area contributed by atoms with Gasteiger partial charge in [-0.25, -0.2) is 0 Å². The van der Waals surface area contributed by atoms with Crippen LogP contribution in [0.25, 0.3) is 0 Å². The van der Waals surface area contributed by atoms with Crippen LogP contribution >= 0.6 is 0 Å². The number of nitrogens with one attached hydrogen (secondary N) is 1. The number of nitriles is 3. The van der Waals surface area contributed by atoms with Crippen LogP contribution < -0.4 is 0 Å². The normalized spacial score (nSPS) is 35.2. The molecule has 0 aromatic carbocycles. The Morgan fingerprint density at radius 1 is 1.00 bits per heavy atom. The van der Waals surface area contributed by atoms with Gasteiger partial charge in [0.15, 0.2) is 10.8 Å². The van der Waals surface area contributed by atoms with Crippen LogP contribution in [-0.4, -0.2) is 17.8 Å². The standard InChI is InChI=1S/C26H38N4O2/c1-5-6-7-8-9-10-11-12-21-24(16-27,17-28)25(18-29)20-15-19(23(2,3)4)13-14-26(20,31-21)32-22(25)30/h19-21,30H,5-15H2,1-4H3. The zero-order chi connectivity index (χ0) is 23.6. The second-order valence-electron chi connectivity index (χ2n) is 11.1. The topological polar surface area (TPSA) is 114 Å². The van der Waals surface area contributed by atoms with Crippen molar-refractivity contribution in [1.82, 2.24) is 0 Å². The van der Waals surface area contributed by atoms with Crippen LogP contribution in [0.4, 0.5) is 0 Å². The quantitative estimate of drug-likeness (QED) is 0.451. The Kier molecular flexibility index (Phi) is 6.93. The summed E-state index contributed by atoms with van der Waals surface area (Å²) in [6.45, 7) is 8.73. The predicted octanol–water partition coefficient (Wildman–Crippen LogP) is 6.24. The first-order valence-electron chi connectivity index (χ1n) is 12.4. The van der Waals surface area contributed by atoms with Gasteiger partial charge in [0.25, 0.3) is 0 Å². The van der Waals surface area contributed by atoms with E-state index in [4.69, 9.17) is 14.9 Å². The number of hydrogen-bond donors (Lipinski definition) is 1. The first-order valence-corrected chi connectivity index (χ1v) is 12.4. The maximum Gasteiger partial charge on any atom is 0.217 e. The zero-order valence-corrected chi connectivity index (χ0v) is 20.2. The summed E-state index contributed by atoms with van der Waals surface area (Å²) in [5.41, 5.74) is -3.29. The molecule has 0 amide bonds. The van der Waals surface area contributed by atoms with E-state index in [2.05, 4.69) is 45.9 Å². The first kappa shape index (κ1) is 24.5. The predicted molar refractivity (Wildman–Crippen MR) is 121 cm³/mol. The minimum Gasteiger partial charge on any atom is -0.447 e.